The molecule has 0 unspecified atom stereocenters. The van der Waals surface area contributed by atoms with Gasteiger partial charge in [0.15, 0.2) is 0 Å². The van der Waals surface area contributed by atoms with E-state index in [2.05, 4.69) is 47.4 Å². The van der Waals surface area contributed by atoms with Gasteiger partial charge in [-0.3, -0.25) is 0 Å². The van der Waals surface area contributed by atoms with Crippen molar-refractivity contribution >= 4 is 0 Å². The van der Waals surface area contributed by atoms with Crippen molar-refractivity contribution in [1.29, 1.82) is 0 Å². The van der Waals surface area contributed by atoms with Gasteiger partial charge in [-0.1, -0.05) is 24.3 Å². The molecule has 0 heterocycles. The summed E-state index contributed by atoms with van der Waals surface area (Å²) in [5.74, 6) is 0. The van der Waals surface area contributed by atoms with Gasteiger partial charge in [0.05, 0.1) is 0 Å². The Kier molecular flexibility index (Phi) is 6.85. The molecule has 1 rings (SSSR count). The summed E-state index contributed by atoms with van der Waals surface area (Å²) >= 11 is 0.230. The first-order valence-corrected chi connectivity index (χ1v) is 8.74. The Labute approximate surface area is 81.6 Å². The van der Waals surface area contributed by atoms with Crippen molar-refractivity contribution in [2.24, 2.45) is 0 Å². The maximum atomic E-state index is 2.30. The third-order valence-electron chi connectivity index (χ3n) is 1.43. The average molecular weight is 227 g/mol. The first-order valence-electron chi connectivity index (χ1n) is 3.83. The Balaban J connectivity index is 0.000000292. The molecule has 0 radical (unpaired) electrons. The van der Waals surface area contributed by atoms with E-state index in [4.69, 9.17) is 0 Å². The fourth-order valence-electron chi connectivity index (χ4n) is 0.663. The zero-order valence-corrected chi connectivity index (χ0v) is 10.3. The van der Waals surface area contributed by atoms with Crippen molar-refractivity contribution < 1.29 is 23.2 Å². The minimum absolute atomic E-state index is 0.230. The zero-order chi connectivity index (χ0) is 8.69. The van der Waals surface area contributed by atoms with E-state index in [0.29, 0.717) is 0 Å². The molecule has 1 aromatic carbocycles. The molecule has 60 valence electrons. The van der Waals surface area contributed by atoms with E-state index in [-0.39, 0.29) is 23.2 Å². The first-order chi connectivity index (χ1) is 5.22. The first kappa shape index (κ1) is 11.1. The fraction of sp³-hybridized carbons (Fsp3) is 0.400. The van der Waals surface area contributed by atoms with Gasteiger partial charge in [-0.25, -0.2) is 0 Å². The van der Waals surface area contributed by atoms with Gasteiger partial charge in [0.2, 0.25) is 0 Å². The van der Waals surface area contributed by atoms with Crippen LogP contribution in [0.4, 0.5) is 0 Å². The number of hydrogen-bond acceptors (Lipinski definition) is 0. The van der Waals surface area contributed by atoms with Crippen LogP contribution in [0.25, 0.3) is 0 Å². The quantitative estimate of drug-likeness (QED) is 0.637. The standard InChI is InChI=1S/C8H10.2CH3.Zr/c1-7-5-3-4-6-8(7)2;;;/h3-6H,1-2H3;2*1H3;. The molecule has 1 aromatic rings. The van der Waals surface area contributed by atoms with Gasteiger partial charge in [0, 0.05) is 0 Å². The number of hydrogen-bond donors (Lipinski definition) is 0. The van der Waals surface area contributed by atoms with E-state index >= 15 is 0 Å². The van der Waals surface area contributed by atoms with Crippen LogP contribution in [0.2, 0.25) is 9.26 Å². The summed E-state index contributed by atoms with van der Waals surface area (Å²) in [7, 11) is 0. The molecule has 0 saturated heterocycles. The Morgan fingerprint density at radius 2 is 1.18 bits per heavy atom. The molecule has 0 aliphatic rings. The molecule has 1 heteroatoms. The summed E-state index contributed by atoms with van der Waals surface area (Å²) in [5.41, 5.74) is 2.74. The van der Waals surface area contributed by atoms with Crippen molar-refractivity contribution in [1.82, 2.24) is 0 Å². The fourth-order valence-corrected chi connectivity index (χ4v) is 0.663. The van der Waals surface area contributed by atoms with Crippen LogP contribution in [0.15, 0.2) is 24.3 Å². The molecule has 0 N–H and O–H groups in total. The van der Waals surface area contributed by atoms with Crippen LogP contribution >= 0.6 is 0 Å². The predicted molar refractivity (Wildman–Crippen MR) is 47.6 cm³/mol. The second-order valence-electron chi connectivity index (χ2n) is 2.58. The van der Waals surface area contributed by atoms with Gasteiger partial charge < -0.3 is 0 Å². The van der Waals surface area contributed by atoms with E-state index < -0.39 is 0 Å². The summed E-state index contributed by atoms with van der Waals surface area (Å²) in [5, 5.41) is 0. The molecular formula is C10H16Zr. The summed E-state index contributed by atoms with van der Waals surface area (Å²) in [6, 6.07) is 8.36. The van der Waals surface area contributed by atoms with Crippen molar-refractivity contribution in [2.45, 2.75) is 23.1 Å². The molecule has 0 saturated carbocycles. The van der Waals surface area contributed by atoms with Crippen LogP contribution in [-0.2, 0) is 23.2 Å². The predicted octanol–water partition coefficient (Wildman–Crippen LogP) is 3.47. The molecule has 0 aromatic heterocycles. The average Bonchev–Trinajstić information content (AvgIpc) is 1.97. The Morgan fingerprint density at radius 1 is 0.909 bits per heavy atom. The normalized spacial score (nSPS) is 8.00. The number of benzene rings is 1. The molecule has 0 amide bonds. The molecule has 11 heavy (non-hydrogen) atoms. The van der Waals surface area contributed by atoms with Crippen LogP contribution in [0.5, 0.6) is 0 Å². The molecule has 0 aliphatic carbocycles. The Hall–Kier alpha value is 0.103. The summed E-state index contributed by atoms with van der Waals surface area (Å²) in [6.07, 6.45) is 0. The molecule has 0 spiro atoms. The molecule has 0 nitrogen and oxygen atoms in total. The molecular weight excluding hydrogens is 211 g/mol. The van der Waals surface area contributed by atoms with Gasteiger partial charge in [-0.2, -0.15) is 0 Å². The second kappa shape index (κ2) is 6.79. The SMILES string of the molecule is Cc1ccccc1C.[CH3][Zr][CH3]. The summed E-state index contributed by atoms with van der Waals surface area (Å²) in [4.78, 5) is 0. The molecule has 0 atom stereocenters. The van der Waals surface area contributed by atoms with Gasteiger partial charge in [0.1, 0.15) is 0 Å². The van der Waals surface area contributed by atoms with E-state index in [0.717, 1.165) is 0 Å². The zero-order valence-electron chi connectivity index (χ0n) is 7.81. The number of rotatable bonds is 0. The van der Waals surface area contributed by atoms with E-state index in [9.17, 15) is 0 Å². The van der Waals surface area contributed by atoms with Crippen molar-refractivity contribution in [3.05, 3.63) is 35.4 Å². The molecule has 0 aliphatic heterocycles. The van der Waals surface area contributed by atoms with Crippen LogP contribution in [0.3, 0.4) is 0 Å². The third-order valence-corrected chi connectivity index (χ3v) is 1.43. The van der Waals surface area contributed by atoms with E-state index in [1.165, 1.54) is 11.1 Å². The van der Waals surface area contributed by atoms with Gasteiger partial charge in [-0.15, -0.1) is 0 Å². The topological polar surface area (TPSA) is 0 Å². The van der Waals surface area contributed by atoms with Crippen molar-refractivity contribution in [3.8, 4) is 0 Å². The molecule has 0 fully saturated rings. The van der Waals surface area contributed by atoms with Crippen LogP contribution in [0.1, 0.15) is 11.1 Å². The van der Waals surface area contributed by atoms with Crippen molar-refractivity contribution in [3.63, 3.8) is 0 Å². The van der Waals surface area contributed by atoms with Gasteiger partial charge >= 0.3 is 32.5 Å². The Bertz CT molecular complexity index is 173. The van der Waals surface area contributed by atoms with Crippen LogP contribution < -0.4 is 0 Å². The number of aryl methyl sites for hydroxylation is 2. The van der Waals surface area contributed by atoms with Gasteiger partial charge in [0.25, 0.3) is 0 Å². The van der Waals surface area contributed by atoms with Crippen LogP contribution in [0, 0.1) is 13.8 Å². The van der Waals surface area contributed by atoms with Crippen LogP contribution in [-0.4, -0.2) is 0 Å². The van der Waals surface area contributed by atoms with Gasteiger partial charge in [-0.05, 0) is 25.0 Å². The Morgan fingerprint density at radius 3 is 1.36 bits per heavy atom. The minimum atomic E-state index is 0.230. The van der Waals surface area contributed by atoms with Crippen molar-refractivity contribution in [2.75, 3.05) is 0 Å². The van der Waals surface area contributed by atoms with E-state index in [1.54, 1.807) is 0 Å². The molecule has 0 bridgehead atoms. The second-order valence-corrected chi connectivity index (χ2v) is 5.04. The monoisotopic (exact) mass is 226 g/mol. The van der Waals surface area contributed by atoms with E-state index in [1.807, 2.05) is 0 Å². The third kappa shape index (κ3) is 5.38. The summed E-state index contributed by atoms with van der Waals surface area (Å²) < 4.78 is 4.59. The maximum absolute atomic E-state index is 2.30. The summed E-state index contributed by atoms with van der Waals surface area (Å²) in [6.45, 7) is 4.24.